The van der Waals surface area contributed by atoms with Gasteiger partial charge in [-0.15, -0.1) is 11.3 Å². The number of nitrogens with two attached hydrogens (primary N) is 1. The zero-order valence-electron chi connectivity index (χ0n) is 9.14. The van der Waals surface area contributed by atoms with Crippen molar-refractivity contribution in [1.29, 1.82) is 0 Å². The summed E-state index contributed by atoms with van der Waals surface area (Å²) in [6.07, 6.45) is 1.63. The van der Waals surface area contributed by atoms with Gasteiger partial charge >= 0.3 is 0 Å². The van der Waals surface area contributed by atoms with E-state index in [-0.39, 0.29) is 5.82 Å². The van der Waals surface area contributed by atoms with Gasteiger partial charge in [-0.2, -0.15) is 5.10 Å². The molecule has 3 nitrogen and oxygen atoms in total. The summed E-state index contributed by atoms with van der Waals surface area (Å²) in [5, 5.41) is 5.00. The summed E-state index contributed by atoms with van der Waals surface area (Å²) in [5.41, 5.74) is 7.39. The number of aryl methyl sites for hydroxylation is 1. The molecular weight excluding hydrogens is 237 g/mol. The van der Waals surface area contributed by atoms with Crippen LogP contribution in [0.25, 0.3) is 20.7 Å². The molecule has 0 aliphatic rings. The predicted octanol–water partition coefficient (Wildman–Crippen LogP) is 3.02. The van der Waals surface area contributed by atoms with Crippen molar-refractivity contribution >= 4 is 27.1 Å². The van der Waals surface area contributed by atoms with Crippen molar-refractivity contribution < 1.29 is 4.39 Å². The maximum atomic E-state index is 13.1. The number of rotatable bonds is 1. The average molecular weight is 247 g/mol. The molecule has 2 N–H and O–H groups in total. The Morgan fingerprint density at radius 2 is 2.18 bits per heavy atom. The molecule has 0 spiro atoms. The Bertz CT molecular complexity index is 679. The van der Waals surface area contributed by atoms with E-state index in [2.05, 4.69) is 5.10 Å². The summed E-state index contributed by atoms with van der Waals surface area (Å²) >= 11 is 1.58. The van der Waals surface area contributed by atoms with Crippen LogP contribution in [0.15, 0.2) is 30.5 Å². The number of benzene rings is 1. The van der Waals surface area contributed by atoms with E-state index in [1.165, 1.54) is 12.1 Å². The number of halogens is 1. The third-order valence-electron chi connectivity index (χ3n) is 2.68. The first kappa shape index (κ1) is 10.3. The van der Waals surface area contributed by atoms with E-state index in [1.54, 1.807) is 28.3 Å². The van der Waals surface area contributed by atoms with Crippen molar-refractivity contribution in [1.82, 2.24) is 9.78 Å². The molecule has 0 saturated carbocycles. The van der Waals surface area contributed by atoms with Crippen LogP contribution in [0.4, 0.5) is 10.1 Å². The molecule has 2 aromatic heterocycles. The molecule has 3 rings (SSSR count). The molecule has 0 bridgehead atoms. The van der Waals surface area contributed by atoms with Gasteiger partial charge in [0.25, 0.3) is 0 Å². The largest absolute Gasteiger partial charge is 0.396 e. The summed E-state index contributed by atoms with van der Waals surface area (Å²) in [6.45, 7) is 0. The molecule has 0 radical (unpaired) electrons. The van der Waals surface area contributed by atoms with Gasteiger partial charge < -0.3 is 5.73 Å². The summed E-state index contributed by atoms with van der Waals surface area (Å²) < 4.78 is 15.9. The lowest BCUT2D eigenvalue weighted by Crippen LogP contribution is -1.93. The van der Waals surface area contributed by atoms with E-state index in [4.69, 9.17) is 5.73 Å². The summed E-state index contributed by atoms with van der Waals surface area (Å²) in [7, 11) is 1.84. The lowest BCUT2D eigenvalue weighted by Gasteiger charge is -1.98. The maximum absolute atomic E-state index is 13.1. The minimum Gasteiger partial charge on any atom is -0.396 e. The van der Waals surface area contributed by atoms with Crippen LogP contribution in [0.3, 0.4) is 0 Å². The highest BCUT2D eigenvalue weighted by Crippen LogP contribution is 2.36. The topological polar surface area (TPSA) is 43.8 Å². The zero-order chi connectivity index (χ0) is 12.0. The molecule has 5 heteroatoms. The summed E-state index contributed by atoms with van der Waals surface area (Å²) in [6, 6.07) is 6.72. The molecular formula is C12H10FN3S. The van der Waals surface area contributed by atoms with Gasteiger partial charge in [0.05, 0.1) is 16.8 Å². The fourth-order valence-corrected chi connectivity index (χ4v) is 3.03. The molecule has 0 aliphatic carbocycles. The van der Waals surface area contributed by atoms with Crippen LogP contribution in [0.1, 0.15) is 0 Å². The van der Waals surface area contributed by atoms with Crippen LogP contribution in [-0.4, -0.2) is 9.78 Å². The quantitative estimate of drug-likeness (QED) is 0.718. The summed E-state index contributed by atoms with van der Waals surface area (Å²) in [5.74, 6) is -0.222. The third-order valence-corrected chi connectivity index (χ3v) is 3.80. The first-order valence-corrected chi connectivity index (χ1v) is 5.94. The highest BCUT2D eigenvalue weighted by Gasteiger charge is 2.11. The van der Waals surface area contributed by atoms with Crippen molar-refractivity contribution in [3.8, 4) is 10.6 Å². The average Bonchev–Trinajstić information content (AvgIpc) is 2.81. The van der Waals surface area contributed by atoms with Crippen LogP contribution in [-0.2, 0) is 7.05 Å². The van der Waals surface area contributed by atoms with Crippen molar-refractivity contribution in [2.45, 2.75) is 0 Å². The highest BCUT2D eigenvalue weighted by molar-refractivity contribution is 7.22. The number of hydrogen-bond acceptors (Lipinski definition) is 3. The van der Waals surface area contributed by atoms with Gasteiger partial charge in [0.1, 0.15) is 11.5 Å². The Labute approximate surface area is 101 Å². The van der Waals surface area contributed by atoms with Crippen molar-refractivity contribution in [2.75, 3.05) is 5.73 Å². The van der Waals surface area contributed by atoms with E-state index in [0.29, 0.717) is 5.69 Å². The molecule has 0 amide bonds. The molecule has 0 saturated heterocycles. The normalized spacial score (nSPS) is 11.2. The van der Waals surface area contributed by atoms with Gasteiger partial charge in [-0.25, -0.2) is 4.39 Å². The van der Waals surface area contributed by atoms with E-state index >= 15 is 0 Å². The zero-order valence-corrected chi connectivity index (χ0v) is 9.96. The fourth-order valence-electron chi connectivity index (χ4n) is 1.89. The van der Waals surface area contributed by atoms with Crippen molar-refractivity contribution in [3.63, 3.8) is 0 Å². The Morgan fingerprint density at radius 1 is 1.35 bits per heavy atom. The first-order chi connectivity index (χ1) is 8.15. The molecule has 0 unspecified atom stereocenters. The molecule has 3 aromatic rings. The fraction of sp³-hybridized carbons (Fsp3) is 0.0833. The van der Waals surface area contributed by atoms with Gasteiger partial charge in [-0.3, -0.25) is 4.68 Å². The molecule has 1 aromatic carbocycles. The molecule has 17 heavy (non-hydrogen) atoms. The van der Waals surface area contributed by atoms with Gasteiger partial charge in [0.2, 0.25) is 0 Å². The number of nitrogen functional groups attached to an aromatic ring is 1. The lowest BCUT2D eigenvalue weighted by atomic mass is 10.2. The molecule has 0 fully saturated rings. The number of aromatic nitrogens is 2. The Kier molecular flexibility index (Phi) is 2.16. The van der Waals surface area contributed by atoms with Crippen LogP contribution < -0.4 is 5.73 Å². The molecule has 0 aliphatic heterocycles. The van der Waals surface area contributed by atoms with Crippen LogP contribution in [0, 0.1) is 5.82 Å². The SMILES string of the molecule is Cn1ncc(N)c1-c1cc2cc(F)ccc2s1. The number of hydrogen-bond donors (Lipinski definition) is 1. The standard InChI is InChI=1S/C12H10FN3S/c1-16-12(9(14)6-15-16)11-5-7-4-8(13)2-3-10(7)17-11/h2-6H,14H2,1H3. The van der Waals surface area contributed by atoms with Gasteiger partial charge in [0.15, 0.2) is 0 Å². The number of fused-ring (bicyclic) bond motifs is 1. The molecule has 2 heterocycles. The van der Waals surface area contributed by atoms with E-state index in [9.17, 15) is 4.39 Å². The van der Waals surface area contributed by atoms with E-state index < -0.39 is 0 Å². The first-order valence-electron chi connectivity index (χ1n) is 5.12. The van der Waals surface area contributed by atoms with E-state index in [0.717, 1.165) is 20.7 Å². The van der Waals surface area contributed by atoms with Gasteiger partial charge in [-0.05, 0) is 29.7 Å². The maximum Gasteiger partial charge on any atom is 0.123 e. The third kappa shape index (κ3) is 1.59. The number of anilines is 1. The second kappa shape index (κ2) is 3.56. The minimum atomic E-state index is -0.222. The molecule has 86 valence electrons. The molecule has 0 atom stereocenters. The minimum absolute atomic E-state index is 0.222. The summed E-state index contributed by atoms with van der Waals surface area (Å²) in [4.78, 5) is 1.00. The Balaban J connectivity index is 2.25. The van der Waals surface area contributed by atoms with Crippen LogP contribution in [0.2, 0.25) is 0 Å². The van der Waals surface area contributed by atoms with Crippen molar-refractivity contribution in [3.05, 3.63) is 36.3 Å². The van der Waals surface area contributed by atoms with Gasteiger partial charge in [-0.1, -0.05) is 0 Å². The van der Waals surface area contributed by atoms with Crippen molar-refractivity contribution in [2.24, 2.45) is 7.05 Å². The second-order valence-electron chi connectivity index (χ2n) is 3.86. The highest BCUT2D eigenvalue weighted by atomic mass is 32.1. The van der Waals surface area contributed by atoms with Crippen LogP contribution in [0.5, 0.6) is 0 Å². The number of thiophene rings is 1. The van der Waals surface area contributed by atoms with Crippen LogP contribution >= 0.6 is 11.3 Å². The predicted molar refractivity (Wildman–Crippen MR) is 68.4 cm³/mol. The Morgan fingerprint density at radius 3 is 2.88 bits per heavy atom. The Hall–Kier alpha value is -1.88. The monoisotopic (exact) mass is 247 g/mol. The second-order valence-corrected chi connectivity index (χ2v) is 4.95. The lowest BCUT2D eigenvalue weighted by molar-refractivity contribution is 0.630. The number of nitrogens with zero attached hydrogens (tertiary/aromatic N) is 2. The smallest absolute Gasteiger partial charge is 0.123 e. The van der Waals surface area contributed by atoms with E-state index in [1.807, 2.05) is 13.1 Å². The van der Waals surface area contributed by atoms with Gasteiger partial charge in [0, 0.05) is 11.7 Å².